The maximum Gasteiger partial charge on any atom is 0.161 e. The van der Waals surface area contributed by atoms with Crippen molar-refractivity contribution in [1.29, 1.82) is 0 Å². The molecule has 2 N–H and O–H groups in total. The number of nitrogens with two attached hydrogens (primary N) is 1. The maximum absolute atomic E-state index is 11.7. The summed E-state index contributed by atoms with van der Waals surface area (Å²) in [5.41, 5.74) is 8.32. The summed E-state index contributed by atoms with van der Waals surface area (Å²) in [6.07, 6.45) is 6.33. The molecule has 0 radical (unpaired) electrons. The second-order valence-electron chi connectivity index (χ2n) is 6.64. The van der Waals surface area contributed by atoms with Crippen molar-refractivity contribution in [2.45, 2.75) is 58.9 Å². The Morgan fingerprint density at radius 1 is 1.33 bits per heavy atom. The number of carbonyl (C=O) groups excluding carboxylic acids is 1. The van der Waals surface area contributed by atoms with Gasteiger partial charge in [-0.3, -0.25) is 4.79 Å². The van der Waals surface area contributed by atoms with Crippen LogP contribution >= 0.6 is 0 Å². The van der Waals surface area contributed by atoms with Gasteiger partial charge >= 0.3 is 0 Å². The molecule has 1 aliphatic rings. The standard InChI is InChI=1S/C18H28N2O/c1-13(2)10-11-20(15-6-4-5-7-15)16-8-9-18(19)17(12-16)14(3)21/h8-9,12-13,15H,4-7,10-11,19H2,1-3H3. The van der Waals surface area contributed by atoms with Crippen LogP contribution in [0.1, 0.15) is 63.2 Å². The van der Waals surface area contributed by atoms with Gasteiger partial charge in [-0.2, -0.15) is 0 Å². The molecule has 1 saturated carbocycles. The van der Waals surface area contributed by atoms with Crippen molar-refractivity contribution in [2.24, 2.45) is 5.92 Å². The highest BCUT2D eigenvalue weighted by molar-refractivity contribution is 6.00. The molecule has 0 atom stereocenters. The molecular weight excluding hydrogens is 260 g/mol. The van der Waals surface area contributed by atoms with Crippen LogP contribution in [0, 0.1) is 5.92 Å². The molecule has 2 rings (SSSR count). The Kier molecular flexibility index (Phi) is 5.27. The van der Waals surface area contributed by atoms with Gasteiger partial charge in [0.05, 0.1) is 0 Å². The van der Waals surface area contributed by atoms with Gasteiger partial charge in [-0.25, -0.2) is 0 Å². The number of anilines is 2. The molecule has 0 bridgehead atoms. The van der Waals surface area contributed by atoms with Gasteiger partial charge in [0.2, 0.25) is 0 Å². The first-order valence-corrected chi connectivity index (χ1v) is 8.16. The summed E-state index contributed by atoms with van der Waals surface area (Å²) in [6.45, 7) is 7.17. The largest absolute Gasteiger partial charge is 0.398 e. The first kappa shape index (κ1) is 15.9. The lowest BCUT2D eigenvalue weighted by Gasteiger charge is -2.32. The van der Waals surface area contributed by atoms with E-state index in [9.17, 15) is 4.79 Å². The van der Waals surface area contributed by atoms with Crippen LogP contribution in [0.4, 0.5) is 11.4 Å². The molecule has 0 spiro atoms. The fourth-order valence-electron chi connectivity index (χ4n) is 3.16. The summed E-state index contributed by atoms with van der Waals surface area (Å²) in [5, 5.41) is 0. The smallest absolute Gasteiger partial charge is 0.161 e. The van der Waals surface area contributed by atoms with Crippen molar-refractivity contribution < 1.29 is 4.79 Å². The van der Waals surface area contributed by atoms with Crippen LogP contribution in [-0.4, -0.2) is 18.4 Å². The molecular formula is C18H28N2O. The van der Waals surface area contributed by atoms with E-state index in [4.69, 9.17) is 5.73 Å². The number of carbonyl (C=O) groups is 1. The predicted octanol–water partition coefficient (Wildman–Crippen LogP) is 4.27. The van der Waals surface area contributed by atoms with Crippen molar-refractivity contribution in [3.8, 4) is 0 Å². The van der Waals surface area contributed by atoms with Gasteiger partial charge in [0.1, 0.15) is 0 Å². The van der Waals surface area contributed by atoms with Gasteiger partial charge in [0.25, 0.3) is 0 Å². The number of nitrogen functional groups attached to an aromatic ring is 1. The first-order valence-electron chi connectivity index (χ1n) is 8.16. The van der Waals surface area contributed by atoms with Crippen molar-refractivity contribution in [2.75, 3.05) is 17.2 Å². The zero-order valence-corrected chi connectivity index (χ0v) is 13.6. The number of rotatable bonds is 6. The van der Waals surface area contributed by atoms with Gasteiger partial charge in [-0.05, 0) is 50.3 Å². The summed E-state index contributed by atoms with van der Waals surface area (Å²) >= 11 is 0. The topological polar surface area (TPSA) is 46.3 Å². The lowest BCUT2D eigenvalue weighted by Crippen LogP contribution is -2.34. The van der Waals surface area contributed by atoms with Crippen LogP contribution in [0.5, 0.6) is 0 Å². The number of Topliss-reactive ketones (excluding diaryl/α,β-unsaturated/α-hetero) is 1. The van der Waals surface area contributed by atoms with Gasteiger partial charge in [-0.1, -0.05) is 26.7 Å². The van der Waals surface area contributed by atoms with Crippen molar-refractivity contribution in [3.05, 3.63) is 23.8 Å². The normalized spacial score (nSPS) is 15.6. The van der Waals surface area contributed by atoms with Gasteiger partial charge in [0.15, 0.2) is 5.78 Å². The molecule has 3 heteroatoms. The van der Waals surface area contributed by atoms with Gasteiger partial charge in [0, 0.05) is 29.5 Å². The summed E-state index contributed by atoms with van der Waals surface area (Å²) in [7, 11) is 0. The number of ketones is 1. The van der Waals surface area contributed by atoms with E-state index < -0.39 is 0 Å². The third-order valence-electron chi connectivity index (χ3n) is 4.46. The minimum atomic E-state index is 0.0459. The average molecular weight is 288 g/mol. The average Bonchev–Trinajstić information content (AvgIpc) is 2.94. The minimum absolute atomic E-state index is 0.0459. The lowest BCUT2D eigenvalue weighted by molar-refractivity contribution is 0.101. The Labute approximate surface area is 128 Å². The van der Waals surface area contributed by atoms with E-state index in [1.807, 2.05) is 12.1 Å². The Morgan fingerprint density at radius 2 is 2.00 bits per heavy atom. The summed E-state index contributed by atoms with van der Waals surface area (Å²) in [5.74, 6) is 0.736. The summed E-state index contributed by atoms with van der Waals surface area (Å²) in [4.78, 5) is 14.2. The van der Waals surface area contributed by atoms with Crippen LogP contribution in [0.25, 0.3) is 0 Å². The fourth-order valence-corrected chi connectivity index (χ4v) is 3.16. The second kappa shape index (κ2) is 6.97. The predicted molar refractivity (Wildman–Crippen MR) is 89.9 cm³/mol. The molecule has 0 unspecified atom stereocenters. The number of hydrogen-bond donors (Lipinski definition) is 1. The van der Waals surface area contributed by atoms with Crippen molar-refractivity contribution in [1.82, 2.24) is 0 Å². The quantitative estimate of drug-likeness (QED) is 0.628. The molecule has 0 aromatic heterocycles. The molecule has 116 valence electrons. The number of benzene rings is 1. The summed E-state index contributed by atoms with van der Waals surface area (Å²) < 4.78 is 0. The molecule has 1 fully saturated rings. The third kappa shape index (κ3) is 3.99. The van der Waals surface area contributed by atoms with Crippen LogP contribution in [-0.2, 0) is 0 Å². The second-order valence-corrected chi connectivity index (χ2v) is 6.64. The molecule has 0 amide bonds. The molecule has 0 heterocycles. The van der Waals surface area contributed by atoms with E-state index in [0.717, 1.165) is 12.2 Å². The Balaban J connectivity index is 2.26. The van der Waals surface area contributed by atoms with Crippen molar-refractivity contribution in [3.63, 3.8) is 0 Å². The third-order valence-corrected chi connectivity index (χ3v) is 4.46. The molecule has 1 aromatic carbocycles. The Hall–Kier alpha value is -1.51. The Bertz CT molecular complexity index is 490. The van der Waals surface area contributed by atoms with Crippen LogP contribution < -0.4 is 10.6 Å². The zero-order valence-electron chi connectivity index (χ0n) is 13.6. The van der Waals surface area contributed by atoms with Crippen LogP contribution in [0.3, 0.4) is 0 Å². The van der Waals surface area contributed by atoms with Crippen LogP contribution in [0.2, 0.25) is 0 Å². The van der Waals surface area contributed by atoms with Gasteiger partial charge in [-0.15, -0.1) is 0 Å². The molecule has 0 aliphatic heterocycles. The molecule has 1 aromatic rings. The minimum Gasteiger partial charge on any atom is -0.398 e. The number of nitrogens with zero attached hydrogens (tertiary/aromatic N) is 1. The van der Waals surface area contributed by atoms with E-state index in [0.29, 0.717) is 23.2 Å². The summed E-state index contributed by atoms with van der Waals surface area (Å²) in [6, 6.07) is 6.55. The van der Waals surface area contributed by atoms with Crippen LogP contribution in [0.15, 0.2) is 18.2 Å². The monoisotopic (exact) mass is 288 g/mol. The molecule has 21 heavy (non-hydrogen) atoms. The highest BCUT2D eigenvalue weighted by Gasteiger charge is 2.23. The number of hydrogen-bond acceptors (Lipinski definition) is 3. The fraction of sp³-hybridized carbons (Fsp3) is 0.611. The SMILES string of the molecule is CC(=O)c1cc(N(CCC(C)C)C2CCCC2)ccc1N. The van der Waals surface area contributed by atoms with E-state index in [2.05, 4.69) is 24.8 Å². The Morgan fingerprint density at radius 3 is 2.57 bits per heavy atom. The van der Waals surface area contributed by atoms with E-state index in [-0.39, 0.29) is 5.78 Å². The molecule has 3 nitrogen and oxygen atoms in total. The maximum atomic E-state index is 11.7. The molecule has 0 saturated heterocycles. The lowest BCUT2D eigenvalue weighted by atomic mass is 10.0. The first-order chi connectivity index (χ1) is 9.99. The molecule has 1 aliphatic carbocycles. The highest BCUT2D eigenvalue weighted by Crippen LogP contribution is 2.30. The van der Waals surface area contributed by atoms with Crippen molar-refractivity contribution >= 4 is 17.2 Å². The zero-order chi connectivity index (χ0) is 15.4. The van der Waals surface area contributed by atoms with E-state index in [1.165, 1.54) is 32.1 Å². The highest BCUT2D eigenvalue weighted by atomic mass is 16.1. The van der Waals surface area contributed by atoms with Gasteiger partial charge < -0.3 is 10.6 Å². The van der Waals surface area contributed by atoms with E-state index >= 15 is 0 Å². The van der Waals surface area contributed by atoms with E-state index in [1.54, 1.807) is 6.92 Å².